The van der Waals surface area contributed by atoms with Crippen molar-refractivity contribution in [2.24, 2.45) is 15.2 Å². The van der Waals surface area contributed by atoms with E-state index in [1.165, 1.54) is 18.0 Å². The Hall–Kier alpha value is -1.66. The van der Waals surface area contributed by atoms with E-state index in [9.17, 15) is 4.79 Å². The van der Waals surface area contributed by atoms with Crippen molar-refractivity contribution in [2.75, 3.05) is 0 Å². The van der Waals surface area contributed by atoms with Crippen molar-refractivity contribution in [1.29, 1.82) is 0 Å². The summed E-state index contributed by atoms with van der Waals surface area (Å²) in [6.45, 7) is 0. The molecule has 2 aliphatic rings. The van der Waals surface area contributed by atoms with Gasteiger partial charge in [-0.1, -0.05) is 35.5 Å². The Kier molecular flexibility index (Phi) is 3.35. The second-order valence-electron chi connectivity index (χ2n) is 3.99. The lowest BCUT2D eigenvalue weighted by Gasteiger charge is -2.17. The standard InChI is InChI=1S/C12H9ClN4OS/c13-8-3-1-7(2-4-8)6-19-12-15-10-9(5-14-17-10)11(18)16-12/h1-5,10H,6H2,(H,15,16,18). The van der Waals surface area contributed by atoms with Crippen LogP contribution in [0, 0.1) is 0 Å². The number of halogens is 1. The minimum atomic E-state index is -0.471. The molecule has 0 aromatic heterocycles. The van der Waals surface area contributed by atoms with Crippen LogP contribution < -0.4 is 5.32 Å². The minimum absolute atomic E-state index is 0.177. The summed E-state index contributed by atoms with van der Waals surface area (Å²) >= 11 is 7.28. The van der Waals surface area contributed by atoms with Gasteiger partial charge in [0.1, 0.15) is 0 Å². The van der Waals surface area contributed by atoms with Gasteiger partial charge in [0, 0.05) is 10.8 Å². The summed E-state index contributed by atoms with van der Waals surface area (Å²) in [5, 5.41) is 11.6. The summed E-state index contributed by atoms with van der Waals surface area (Å²) in [7, 11) is 0. The molecule has 3 rings (SSSR count). The van der Waals surface area contributed by atoms with Gasteiger partial charge in [-0.2, -0.15) is 10.2 Å². The highest BCUT2D eigenvalue weighted by atomic mass is 35.5. The number of azo groups is 1. The maximum atomic E-state index is 11.7. The second kappa shape index (κ2) is 5.14. The molecule has 0 bridgehead atoms. The molecule has 1 amide bonds. The monoisotopic (exact) mass is 292 g/mol. The number of thioether (sulfide) groups is 1. The minimum Gasteiger partial charge on any atom is -0.301 e. The Balaban J connectivity index is 1.67. The van der Waals surface area contributed by atoms with Crippen LogP contribution in [0.5, 0.6) is 0 Å². The number of fused-ring (bicyclic) bond motifs is 1. The first kappa shape index (κ1) is 12.4. The lowest BCUT2D eigenvalue weighted by Crippen LogP contribution is -2.37. The van der Waals surface area contributed by atoms with Crippen LogP contribution in [0.25, 0.3) is 0 Å². The number of carbonyl (C=O) groups excluding carboxylic acids is 1. The largest absolute Gasteiger partial charge is 0.301 e. The summed E-state index contributed by atoms with van der Waals surface area (Å²) in [4.78, 5) is 16.1. The third kappa shape index (κ3) is 2.69. The van der Waals surface area contributed by atoms with Crippen LogP contribution in [0.3, 0.4) is 0 Å². The highest BCUT2D eigenvalue weighted by molar-refractivity contribution is 8.13. The SMILES string of the molecule is O=C1NC(SCc2ccc(Cl)cc2)=NC2N=NC=C12. The van der Waals surface area contributed by atoms with Crippen molar-refractivity contribution >= 4 is 34.4 Å². The molecule has 5 nitrogen and oxygen atoms in total. The van der Waals surface area contributed by atoms with Crippen LogP contribution in [0.4, 0.5) is 0 Å². The highest BCUT2D eigenvalue weighted by Crippen LogP contribution is 2.23. The van der Waals surface area contributed by atoms with Crippen molar-refractivity contribution in [3.8, 4) is 0 Å². The molecule has 0 fully saturated rings. The molecule has 0 radical (unpaired) electrons. The Labute approximate surface area is 118 Å². The molecular formula is C12H9ClN4OS. The molecule has 1 unspecified atom stereocenters. The number of aliphatic imine (C=N–C) groups is 1. The number of nitrogens with zero attached hydrogens (tertiary/aromatic N) is 3. The van der Waals surface area contributed by atoms with Crippen molar-refractivity contribution in [2.45, 2.75) is 11.9 Å². The Morgan fingerprint density at radius 1 is 1.32 bits per heavy atom. The van der Waals surface area contributed by atoms with E-state index in [-0.39, 0.29) is 5.91 Å². The molecule has 2 heterocycles. The van der Waals surface area contributed by atoms with Gasteiger partial charge in [-0.25, -0.2) is 4.99 Å². The number of amides is 1. The Morgan fingerprint density at radius 3 is 2.89 bits per heavy atom. The lowest BCUT2D eigenvalue weighted by molar-refractivity contribution is -0.116. The average molecular weight is 293 g/mol. The van der Waals surface area contributed by atoms with Crippen LogP contribution in [0.2, 0.25) is 5.02 Å². The normalized spacial score (nSPS) is 20.7. The third-order valence-corrected chi connectivity index (χ3v) is 3.87. The molecule has 1 aromatic carbocycles. The molecule has 2 aliphatic heterocycles. The van der Waals surface area contributed by atoms with Gasteiger partial charge in [0.2, 0.25) is 0 Å². The van der Waals surface area contributed by atoms with Gasteiger partial charge >= 0.3 is 0 Å². The van der Waals surface area contributed by atoms with Gasteiger partial charge in [0.25, 0.3) is 5.91 Å². The van der Waals surface area contributed by atoms with Gasteiger partial charge in [0.15, 0.2) is 11.3 Å². The fraction of sp³-hybridized carbons (Fsp3) is 0.167. The molecule has 0 saturated heterocycles. The number of rotatable bonds is 2. The number of benzene rings is 1. The van der Waals surface area contributed by atoms with E-state index in [4.69, 9.17) is 11.6 Å². The predicted octanol–water partition coefficient (Wildman–Crippen LogP) is 2.73. The third-order valence-electron chi connectivity index (χ3n) is 2.66. The topological polar surface area (TPSA) is 66.2 Å². The first-order chi connectivity index (χ1) is 9.22. The van der Waals surface area contributed by atoms with E-state index in [0.717, 1.165) is 5.56 Å². The molecule has 0 spiro atoms. The zero-order valence-electron chi connectivity index (χ0n) is 9.71. The molecule has 1 atom stereocenters. The smallest absolute Gasteiger partial charge is 0.258 e. The van der Waals surface area contributed by atoms with Gasteiger partial charge in [-0.3, -0.25) is 4.79 Å². The maximum absolute atomic E-state index is 11.7. The van der Waals surface area contributed by atoms with Gasteiger partial charge < -0.3 is 5.32 Å². The van der Waals surface area contributed by atoms with Crippen LogP contribution in [-0.2, 0) is 10.5 Å². The molecule has 1 aromatic rings. The average Bonchev–Trinajstić information content (AvgIpc) is 2.87. The maximum Gasteiger partial charge on any atom is 0.258 e. The summed E-state index contributed by atoms with van der Waals surface area (Å²) in [6.07, 6.45) is 0.978. The summed E-state index contributed by atoms with van der Waals surface area (Å²) < 4.78 is 0. The zero-order chi connectivity index (χ0) is 13.2. The molecular weight excluding hydrogens is 284 g/mol. The highest BCUT2D eigenvalue weighted by Gasteiger charge is 2.29. The van der Waals surface area contributed by atoms with Crippen LogP contribution in [0.15, 0.2) is 51.3 Å². The number of amidine groups is 1. The van der Waals surface area contributed by atoms with E-state index in [0.29, 0.717) is 21.5 Å². The van der Waals surface area contributed by atoms with Gasteiger partial charge in [0.05, 0.1) is 11.8 Å². The van der Waals surface area contributed by atoms with Crippen molar-refractivity contribution < 1.29 is 4.79 Å². The summed E-state index contributed by atoms with van der Waals surface area (Å²) in [5.74, 6) is 0.530. The number of hydrogen-bond acceptors (Lipinski definition) is 5. The molecule has 7 heteroatoms. The summed E-state index contributed by atoms with van der Waals surface area (Å²) in [5.41, 5.74) is 1.61. The first-order valence-electron chi connectivity index (χ1n) is 5.59. The van der Waals surface area contributed by atoms with Crippen molar-refractivity contribution in [3.05, 3.63) is 46.6 Å². The van der Waals surface area contributed by atoms with E-state index in [1.54, 1.807) is 0 Å². The summed E-state index contributed by atoms with van der Waals surface area (Å²) in [6, 6.07) is 7.57. The molecule has 0 aliphatic carbocycles. The van der Waals surface area contributed by atoms with E-state index in [1.807, 2.05) is 24.3 Å². The zero-order valence-corrected chi connectivity index (χ0v) is 11.3. The van der Waals surface area contributed by atoms with Crippen molar-refractivity contribution in [3.63, 3.8) is 0 Å². The van der Waals surface area contributed by atoms with E-state index >= 15 is 0 Å². The molecule has 96 valence electrons. The fourth-order valence-corrected chi connectivity index (χ4v) is 2.64. The van der Waals surface area contributed by atoms with E-state index in [2.05, 4.69) is 20.5 Å². The van der Waals surface area contributed by atoms with Gasteiger partial charge in [-0.05, 0) is 17.7 Å². The molecule has 1 N–H and O–H groups in total. The van der Waals surface area contributed by atoms with E-state index < -0.39 is 6.17 Å². The first-order valence-corrected chi connectivity index (χ1v) is 6.95. The fourth-order valence-electron chi connectivity index (χ4n) is 1.68. The molecule has 19 heavy (non-hydrogen) atoms. The van der Waals surface area contributed by atoms with Crippen LogP contribution in [0.1, 0.15) is 5.56 Å². The predicted molar refractivity (Wildman–Crippen MR) is 75.1 cm³/mol. The number of carbonyl (C=O) groups is 1. The van der Waals surface area contributed by atoms with Crippen LogP contribution in [-0.4, -0.2) is 17.2 Å². The van der Waals surface area contributed by atoms with Crippen molar-refractivity contribution in [1.82, 2.24) is 5.32 Å². The molecule has 0 saturated carbocycles. The number of hydrogen-bond donors (Lipinski definition) is 1. The lowest BCUT2D eigenvalue weighted by atomic mass is 10.2. The van der Waals surface area contributed by atoms with Crippen LogP contribution >= 0.6 is 23.4 Å². The quantitative estimate of drug-likeness (QED) is 0.911. The Morgan fingerprint density at radius 2 is 2.11 bits per heavy atom. The van der Waals surface area contributed by atoms with Gasteiger partial charge in [-0.15, -0.1) is 0 Å². The second-order valence-corrected chi connectivity index (χ2v) is 5.39. The number of nitrogens with one attached hydrogen (secondary N) is 1. The Bertz CT molecular complexity index is 609.